The van der Waals surface area contributed by atoms with E-state index in [1.807, 2.05) is 12.1 Å². The Hall–Kier alpha value is -0.930. The Kier molecular flexibility index (Phi) is 3.00. The topological polar surface area (TPSA) is 44.5 Å². The lowest BCUT2D eigenvalue weighted by Gasteiger charge is -2.20. The monoisotopic (exact) mass is 241 g/mol. The summed E-state index contributed by atoms with van der Waals surface area (Å²) in [5.41, 5.74) is 6.83. The quantitative estimate of drug-likeness (QED) is 0.880. The molecule has 1 fully saturated rings. The Bertz CT molecular complexity index is 402. The molecule has 2 rings (SSSR count). The van der Waals surface area contributed by atoms with Gasteiger partial charge in [-0.15, -0.1) is 0 Å². The van der Waals surface area contributed by atoms with Crippen molar-refractivity contribution in [1.82, 2.24) is 0 Å². The molecule has 0 atom stereocenters. The van der Waals surface area contributed by atoms with Crippen molar-refractivity contribution >= 4 is 11.6 Å². The zero-order valence-electron chi connectivity index (χ0n) is 9.55. The van der Waals surface area contributed by atoms with Crippen LogP contribution < -0.4 is 15.2 Å². The highest BCUT2D eigenvalue weighted by Crippen LogP contribution is 2.54. The van der Waals surface area contributed by atoms with E-state index in [9.17, 15) is 0 Å². The summed E-state index contributed by atoms with van der Waals surface area (Å²) in [7, 11) is 3.26. The summed E-state index contributed by atoms with van der Waals surface area (Å²) >= 11 is 6.34. The van der Waals surface area contributed by atoms with E-state index in [-0.39, 0.29) is 5.41 Å². The zero-order chi connectivity index (χ0) is 11.8. The van der Waals surface area contributed by atoms with E-state index in [2.05, 4.69) is 0 Å². The van der Waals surface area contributed by atoms with Gasteiger partial charge in [-0.3, -0.25) is 0 Å². The van der Waals surface area contributed by atoms with E-state index in [1.165, 1.54) is 0 Å². The molecule has 0 aromatic heterocycles. The van der Waals surface area contributed by atoms with Gasteiger partial charge < -0.3 is 15.2 Å². The van der Waals surface area contributed by atoms with E-state index in [1.54, 1.807) is 14.2 Å². The van der Waals surface area contributed by atoms with Gasteiger partial charge in [0.15, 0.2) is 0 Å². The molecule has 0 saturated heterocycles. The predicted molar refractivity (Wildman–Crippen MR) is 64.5 cm³/mol. The summed E-state index contributed by atoms with van der Waals surface area (Å²) in [5, 5.41) is 0.629. The van der Waals surface area contributed by atoms with Crippen molar-refractivity contribution in [3.63, 3.8) is 0 Å². The first-order valence-corrected chi connectivity index (χ1v) is 5.67. The fourth-order valence-electron chi connectivity index (χ4n) is 2.07. The van der Waals surface area contributed by atoms with E-state index < -0.39 is 0 Å². The zero-order valence-corrected chi connectivity index (χ0v) is 10.3. The molecule has 1 aliphatic carbocycles. The van der Waals surface area contributed by atoms with Gasteiger partial charge in [0.05, 0.1) is 19.2 Å². The molecule has 0 aliphatic heterocycles. The second-order valence-corrected chi connectivity index (χ2v) is 4.52. The van der Waals surface area contributed by atoms with Crippen LogP contribution in [0.5, 0.6) is 11.5 Å². The summed E-state index contributed by atoms with van der Waals surface area (Å²) in [4.78, 5) is 0. The first-order chi connectivity index (χ1) is 7.68. The highest BCUT2D eigenvalue weighted by Gasteiger charge is 2.46. The minimum absolute atomic E-state index is 0.00301. The number of ether oxygens (including phenoxy) is 2. The molecule has 1 aromatic carbocycles. The van der Waals surface area contributed by atoms with Crippen LogP contribution in [0.1, 0.15) is 18.4 Å². The van der Waals surface area contributed by atoms with Gasteiger partial charge in [-0.05, 0) is 25.0 Å². The molecule has 0 unspecified atom stereocenters. The summed E-state index contributed by atoms with van der Waals surface area (Å²) in [6.07, 6.45) is 2.12. The summed E-state index contributed by atoms with van der Waals surface area (Å²) in [5.74, 6) is 1.48. The van der Waals surface area contributed by atoms with Crippen molar-refractivity contribution < 1.29 is 9.47 Å². The van der Waals surface area contributed by atoms with Crippen LogP contribution in [0.2, 0.25) is 5.02 Å². The van der Waals surface area contributed by atoms with Crippen LogP contribution in [-0.2, 0) is 5.41 Å². The molecule has 2 N–H and O–H groups in total. The molecule has 16 heavy (non-hydrogen) atoms. The molecule has 3 nitrogen and oxygen atoms in total. The highest BCUT2D eigenvalue weighted by atomic mass is 35.5. The van der Waals surface area contributed by atoms with Crippen molar-refractivity contribution in [2.75, 3.05) is 20.8 Å². The number of benzene rings is 1. The maximum Gasteiger partial charge on any atom is 0.138 e. The minimum Gasteiger partial charge on any atom is -0.496 e. The van der Waals surface area contributed by atoms with Gasteiger partial charge >= 0.3 is 0 Å². The van der Waals surface area contributed by atoms with Crippen molar-refractivity contribution in [3.05, 3.63) is 22.7 Å². The van der Waals surface area contributed by atoms with Gasteiger partial charge in [0.2, 0.25) is 0 Å². The normalized spacial score (nSPS) is 17.0. The van der Waals surface area contributed by atoms with Crippen LogP contribution in [0.4, 0.5) is 0 Å². The Morgan fingerprint density at radius 3 is 2.25 bits per heavy atom. The molecule has 88 valence electrons. The number of rotatable bonds is 4. The average Bonchev–Trinajstić information content (AvgIpc) is 3.09. The van der Waals surface area contributed by atoms with Gasteiger partial charge in [-0.2, -0.15) is 0 Å². The molecule has 0 radical (unpaired) electrons. The second-order valence-electron chi connectivity index (χ2n) is 4.14. The van der Waals surface area contributed by atoms with Crippen LogP contribution in [0, 0.1) is 0 Å². The number of halogens is 1. The van der Waals surface area contributed by atoms with Gasteiger partial charge in [-0.1, -0.05) is 11.6 Å². The third kappa shape index (κ3) is 1.64. The molecule has 0 amide bonds. The Labute approximate surface area is 100 Å². The maximum absolute atomic E-state index is 6.34. The fourth-order valence-corrected chi connectivity index (χ4v) is 2.50. The van der Waals surface area contributed by atoms with Crippen LogP contribution >= 0.6 is 11.6 Å². The summed E-state index contributed by atoms with van der Waals surface area (Å²) in [6, 6.07) is 3.70. The molecule has 0 heterocycles. The van der Waals surface area contributed by atoms with Crippen LogP contribution in [0.25, 0.3) is 0 Å². The van der Waals surface area contributed by atoms with E-state index >= 15 is 0 Å². The molecule has 1 aliphatic rings. The second kappa shape index (κ2) is 4.15. The first-order valence-electron chi connectivity index (χ1n) is 5.29. The highest BCUT2D eigenvalue weighted by molar-refractivity contribution is 6.33. The Morgan fingerprint density at radius 2 is 1.81 bits per heavy atom. The third-order valence-electron chi connectivity index (χ3n) is 3.28. The number of methoxy groups -OCH3 is 2. The standard InChI is InChI=1S/C12H16ClNO2/c1-15-8-3-4-9(16-2)11(13)10(8)12(7-14)5-6-12/h3-4H,5-7,14H2,1-2H3. The Morgan fingerprint density at radius 1 is 1.25 bits per heavy atom. The van der Waals surface area contributed by atoms with Crippen LogP contribution in [-0.4, -0.2) is 20.8 Å². The predicted octanol–water partition coefficient (Wildman–Crippen LogP) is 2.35. The SMILES string of the molecule is COc1ccc(OC)c(C2(CN)CC2)c1Cl. The summed E-state index contributed by atoms with van der Waals surface area (Å²) < 4.78 is 10.6. The van der Waals surface area contributed by atoms with E-state index in [0.29, 0.717) is 17.3 Å². The van der Waals surface area contributed by atoms with Gasteiger partial charge in [0.1, 0.15) is 11.5 Å². The lowest BCUT2D eigenvalue weighted by molar-refractivity contribution is 0.394. The number of hydrogen-bond acceptors (Lipinski definition) is 3. The number of hydrogen-bond donors (Lipinski definition) is 1. The maximum atomic E-state index is 6.34. The molecule has 1 aromatic rings. The summed E-state index contributed by atoms with van der Waals surface area (Å²) in [6.45, 7) is 0.593. The van der Waals surface area contributed by atoms with Gasteiger partial charge in [0.25, 0.3) is 0 Å². The van der Waals surface area contributed by atoms with Crippen molar-refractivity contribution in [2.24, 2.45) is 5.73 Å². The fraction of sp³-hybridized carbons (Fsp3) is 0.500. The van der Waals surface area contributed by atoms with Crippen molar-refractivity contribution in [2.45, 2.75) is 18.3 Å². The van der Waals surface area contributed by atoms with E-state index in [0.717, 1.165) is 24.2 Å². The van der Waals surface area contributed by atoms with Crippen molar-refractivity contribution in [3.8, 4) is 11.5 Å². The molecular formula is C12H16ClNO2. The molecule has 1 saturated carbocycles. The lowest BCUT2D eigenvalue weighted by atomic mass is 9.94. The number of nitrogens with two attached hydrogens (primary N) is 1. The van der Waals surface area contributed by atoms with Crippen LogP contribution in [0.15, 0.2) is 12.1 Å². The lowest BCUT2D eigenvalue weighted by Crippen LogP contribution is -2.21. The third-order valence-corrected chi connectivity index (χ3v) is 3.66. The first kappa shape index (κ1) is 11.6. The van der Waals surface area contributed by atoms with Crippen molar-refractivity contribution in [1.29, 1.82) is 0 Å². The Balaban J connectivity index is 2.56. The van der Waals surface area contributed by atoms with Gasteiger partial charge in [0, 0.05) is 17.5 Å². The average molecular weight is 242 g/mol. The van der Waals surface area contributed by atoms with E-state index in [4.69, 9.17) is 26.8 Å². The largest absolute Gasteiger partial charge is 0.496 e. The smallest absolute Gasteiger partial charge is 0.138 e. The molecule has 0 bridgehead atoms. The van der Waals surface area contributed by atoms with Gasteiger partial charge in [-0.25, -0.2) is 0 Å². The minimum atomic E-state index is -0.00301. The van der Waals surface area contributed by atoms with Crippen LogP contribution in [0.3, 0.4) is 0 Å². The molecule has 4 heteroatoms. The molecule has 0 spiro atoms. The molecular weight excluding hydrogens is 226 g/mol.